The molecule has 10 nitrogen and oxygen atoms in total. The van der Waals surface area contributed by atoms with E-state index in [1.54, 1.807) is 0 Å². The van der Waals surface area contributed by atoms with Gasteiger partial charge in [-0.2, -0.15) is 0 Å². The molecule has 3 N–H and O–H groups in total. The molecule has 0 aliphatic rings. The molecule has 0 fully saturated rings. The fourth-order valence-corrected chi connectivity index (χ4v) is 7.28. The van der Waals surface area contributed by atoms with Gasteiger partial charge in [0.05, 0.1) is 0 Å². The summed E-state index contributed by atoms with van der Waals surface area (Å²) in [6, 6.07) is 0. The first-order chi connectivity index (χ1) is 27.8. The maximum atomic E-state index is 13.2. The lowest BCUT2D eigenvalue weighted by Gasteiger charge is -2.28. The Balaban J connectivity index is 4.49. The second kappa shape index (κ2) is 42.1. The zero-order valence-electron chi connectivity index (χ0n) is 38.3. The molecule has 3 amide bonds. The smallest absolute Gasteiger partial charge is 0.222 e. The summed E-state index contributed by atoms with van der Waals surface area (Å²) >= 11 is 0. The molecule has 336 valence electrons. The molecule has 0 bridgehead atoms. The molecule has 0 aliphatic heterocycles. The number of nitrogens with zero attached hydrogens (tertiary/aromatic N) is 3. The molecule has 0 saturated carbocycles. The minimum Gasteiger partial charge on any atom is -0.356 e. The Kier molecular flexibility index (Phi) is 40.6. The van der Waals surface area contributed by atoms with E-state index in [9.17, 15) is 19.2 Å². The minimum absolute atomic E-state index is 0.0800. The van der Waals surface area contributed by atoms with E-state index in [2.05, 4.69) is 60.4 Å². The van der Waals surface area contributed by atoms with E-state index in [-0.39, 0.29) is 23.6 Å². The Labute approximate surface area is 352 Å². The quantitative estimate of drug-likeness (QED) is 0.0417. The summed E-state index contributed by atoms with van der Waals surface area (Å²) in [4.78, 5) is 56.0. The second-order valence-electron chi connectivity index (χ2n) is 16.9. The summed E-state index contributed by atoms with van der Waals surface area (Å²) in [7, 11) is 0. The normalized spacial score (nSPS) is 11.5. The largest absolute Gasteiger partial charge is 0.356 e. The van der Waals surface area contributed by atoms with Gasteiger partial charge in [0.1, 0.15) is 6.29 Å². The minimum atomic E-state index is 0.0800. The number of carbonyl (C=O) groups excluding carboxylic acids is 4. The molecule has 0 spiro atoms. The predicted molar refractivity (Wildman–Crippen MR) is 242 cm³/mol. The fourth-order valence-electron chi connectivity index (χ4n) is 7.28. The summed E-state index contributed by atoms with van der Waals surface area (Å²) in [6.45, 7) is 19.4. The predicted octanol–water partition coefficient (Wildman–Crippen LogP) is 8.91. The number of carbonyl (C=O) groups is 4. The van der Waals surface area contributed by atoms with Crippen molar-refractivity contribution in [1.82, 2.24) is 30.7 Å². The van der Waals surface area contributed by atoms with Crippen LogP contribution in [0.2, 0.25) is 0 Å². The van der Waals surface area contributed by atoms with Crippen LogP contribution in [0.4, 0.5) is 0 Å². The molecule has 0 atom stereocenters. The van der Waals surface area contributed by atoms with Gasteiger partial charge in [-0.25, -0.2) is 0 Å². The van der Waals surface area contributed by atoms with Crippen molar-refractivity contribution >= 4 is 24.0 Å². The third-order valence-corrected chi connectivity index (χ3v) is 10.9. The average molecular weight is 807 g/mol. The molecule has 57 heavy (non-hydrogen) atoms. The van der Waals surface area contributed by atoms with E-state index < -0.39 is 0 Å². The van der Waals surface area contributed by atoms with Gasteiger partial charge in [0.2, 0.25) is 17.7 Å². The molecule has 10 heteroatoms. The van der Waals surface area contributed by atoms with Crippen LogP contribution in [0.5, 0.6) is 0 Å². The van der Waals surface area contributed by atoms with Crippen LogP contribution in [0, 0.1) is 5.92 Å². The molecule has 0 aromatic rings. The average Bonchev–Trinajstić information content (AvgIpc) is 3.19. The zero-order valence-corrected chi connectivity index (χ0v) is 38.3. The number of nitrogens with one attached hydrogen (secondary N) is 3. The van der Waals surface area contributed by atoms with Crippen LogP contribution >= 0.6 is 0 Å². The van der Waals surface area contributed by atoms with Crippen molar-refractivity contribution < 1.29 is 19.2 Å². The fraction of sp³-hybridized carbons (Fsp3) is 0.915. The Hall–Kier alpha value is -2.04. The van der Waals surface area contributed by atoms with Crippen molar-refractivity contribution in [2.45, 2.75) is 195 Å². The van der Waals surface area contributed by atoms with Crippen molar-refractivity contribution in [2.24, 2.45) is 5.92 Å². The Morgan fingerprint density at radius 2 is 0.912 bits per heavy atom. The standard InChI is InChI=1S/C47H94N6O4/c1-6-9-11-13-15-17-19-21-23-25-30-49-45(55)28-36-51(34-8-3)40-41-53(47(57)43-44(4)5)39-33-48-32-38-52(35-27-42-54)37-29-46(56)50-31-26-24-22-20-18-16-14-12-10-7-2/h42,44,48H,6-41,43H2,1-5H3,(H,49,55)(H,50,56). The van der Waals surface area contributed by atoms with Crippen LogP contribution < -0.4 is 16.0 Å². The summed E-state index contributed by atoms with van der Waals surface area (Å²) in [5.41, 5.74) is 0. The highest BCUT2D eigenvalue weighted by Crippen LogP contribution is 2.12. The van der Waals surface area contributed by atoms with Gasteiger partial charge in [0.25, 0.3) is 0 Å². The summed E-state index contributed by atoms with van der Waals surface area (Å²) < 4.78 is 0. The Morgan fingerprint density at radius 3 is 1.35 bits per heavy atom. The van der Waals surface area contributed by atoms with Crippen molar-refractivity contribution in [3.8, 4) is 0 Å². The Morgan fingerprint density at radius 1 is 0.474 bits per heavy atom. The second-order valence-corrected chi connectivity index (χ2v) is 16.9. The molecule has 0 saturated heterocycles. The number of aldehydes is 1. The van der Waals surface area contributed by atoms with Crippen LogP contribution in [0.3, 0.4) is 0 Å². The van der Waals surface area contributed by atoms with Gasteiger partial charge in [0.15, 0.2) is 0 Å². The van der Waals surface area contributed by atoms with E-state index in [1.807, 2.05) is 4.90 Å². The van der Waals surface area contributed by atoms with Crippen LogP contribution in [-0.2, 0) is 19.2 Å². The highest BCUT2D eigenvalue weighted by atomic mass is 16.2. The van der Waals surface area contributed by atoms with Gasteiger partial charge < -0.3 is 35.4 Å². The van der Waals surface area contributed by atoms with Gasteiger partial charge >= 0.3 is 0 Å². The van der Waals surface area contributed by atoms with Crippen LogP contribution in [0.25, 0.3) is 0 Å². The molecular formula is C47H94N6O4. The van der Waals surface area contributed by atoms with Crippen molar-refractivity contribution in [3.63, 3.8) is 0 Å². The van der Waals surface area contributed by atoms with Crippen molar-refractivity contribution in [3.05, 3.63) is 0 Å². The molecule has 0 rings (SSSR count). The van der Waals surface area contributed by atoms with E-state index in [1.165, 1.54) is 116 Å². The molecule has 0 unspecified atom stereocenters. The summed E-state index contributed by atoms with van der Waals surface area (Å²) in [5.74, 6) is 0.666. The van der Waals surface area contributed by atoms with E-state index in [0.29, 0.717) is 65.0 Å². The van der Waals surface area contributed by atoms with E-state index >= 15 is 0 Å². The molecular weight excluding hydrogens is 713 g/mol. The highest BCUT2D eigenvalue weighted by molar-refractivity contribution is 5.77. The van der Waals surface area contributed by atoms with Crippen molar-refractivity contribution in [2.75, 3.05) is 78.5 Å². The van der Waals surface area contributed by atoms with Gasteiger partial charge in [0, 0.05) is 97.7 Å². The number of amides is 3. The lowest BCUT2D eigenvalue weighted by atomic mass is 10.1. The highest BCUT2D eigenvalue weighted by Gasteiger charge is 2.17. The summed E-state index contributed by atoms with van der Waals surface area (Å²) in [6.07, 6.45) is 29.6. The number of unbranched alkanes of at least 4 members (excludes halogenated alkanes) is 18. The molecule has 0 aromatic heterocycles. The number of rotatable bonds is 44. The maximum absolute atomic E-state index is 13.2. The van der Waals surface area contributed by atoms with Crippen LogP contribution in [0.15, 0.2) is 0 Å². The van der Waals surface area contributed by atoms with Crippen LogP contribution in [0.1, 0.15) is 195 Å². The molecule has 0 heterocycles. The van der Waals surface area contributed by atoms with E-state index in [4.69, 9.17) is 0 Å². The zero-order chi connectivity index (χ0) is 42.0. The molecule has 0 radical (unpaired) electrons. The van der Waals surface area contributed by atoms with Gasteiger partial charge in [-0.15, -0.1) is 0 Å². The van der Waals surface area contributed by atoms with E-state index in [0.717, 1.165) is 64.8 Å². The monoisotopic (exact) mass is 807 g/mol. The Bertz CT molecular complexity index is 936. The molecule has 0 aromatic carbocycles. The third kappa shape index (κ3) is 37.9. The first-order valence-electron chi connectivity index (χ1n) is 24.2. The van der Waals surface area contributed by atoms with Gasteiger partial charge in [-0.05, 0) is 31.7 Å². The first kappa shape index (κ1) is 55.0. The lowest BCUT2D eigenvalue weighted by Crippen LogP contribution is -2.44. The van der Waals surface area contributed by atoms with Crippen LogP contribution in [-0.4, -0.2) is 117 Å². The number of hydrogen-bond acceptors (Lipinski definition) is 7. The van der Waals surface area contributed by atoms with Crippen molar-refractivity contribution in [1.29, 1.82) is 0 Å². The molecule has 0 aliphatic carbocycles. The van der Waals surface area contributed by atoms with Gasteiger partial charge in [-0.1, -0.05) is 150 Å². The first-order valence-corrected chi connectivity index (χ1v) is 24.2. The summed E-state index contributed by atoms with van der Waals surface area (Å²) in [5, 5.41) is 9.71. The third-order valence-electron chi connectivity index (χ3n) is 10.9. The lowest BCUT2D eigenvalue weighted by molar-refractivity contribution is -0.132. The number of hydrogen-bond donors (Lipinski definition) is 3. The SMILES string of the molecule is CCCCCCCCCCCCNC(=O)CCN(CCC=O)CCNCCN(CCN(CCC)CCC(=O)NCCCCCCCCCCCC)C(=O)CC(C)C. The van der Waals surface area contributed by atoms with Gasteiger partial charge in [-0.3, -0.25) is 14.4 Å². The topological polar surface area (TPSA) is 114 Å². The maximum Gasteiger partial charge on any atom is 0.222 e.